The molecule has 1 aliphatic rings. The maximum atomic E-state index is 12.1. The Morgan fingerprint density at radius 1 is 1.38 bits per heavy atom. The molecule has 4 heteroatoms. The summed E-state index contributed by atoms with van der Waals surface area (Å²) in [5.41, 5.74) is 1.12. The Balaban J connectivity index is 1.62. The fraction of sp³-hybridized carbons (Fsp3) is 0.588. The van der Waals surface area contributed by atoms with E-state index in [0.717, 1.165) is 45.6 Å². The maximum Gasteiger partial charge on any atom is 0.227 e. The van der Waals surface area contributed by atoms with Crippen LogP contribution in [0.3, 0.4) is 0 Å². The lowest BCUT2D eigenvalue weighted by atomic mass is 9.89. The summed E-state index contributed by atoms with van der Waals surface area (Å²) >= 11 is 0. The average Bonchev–Trinajstić information content (AvgIpc) is 2.92. The third kappa shape index (κ3) is 4.83. The van der Waals surface area contributed by atoms with Gasteiger partial charge in [-0.2, -0.15) is 0 Å². The van der Waals surface area contributed by atoms with Crippen LogP contribution < -0.4 is 10.6 Å². The number of benzene rings is 1. The number of carbonyl (C=O) groups is 1. The normalized spacial score (nSPS) is 21.7. The molecule has 1 amide bonds. The van der Waals surface area contributed by atoms with Crippen molar-refractivity contribution in [3.63, 3.8) is 0 Å². The molecule has 1 heterocycles. The van der Waals surface area contributed by atoms with E-state index >= 15 is 0 Å². The van der Waals surface area contributed by atoms with E-state index < -0.39 is 0 Å². The van der Waals surface area contributed by atoms with E-state index in [-0.39, 0.29) is 11.3 Å². The van der Waals surface area contributed by atoms with Crippen LogP contribution in [0.1, 0.15) is 25.3 Å². The van der Waals surface area contributed by atoms with Crippen molar-refractivity contribution in [2.24, 2.45) is 5.41 Å². The van der Waals surface area contributed by atoms with Crippen LogP contribution in [0.5, 0.6) is 0 Å². The molecule has 1 aliphatic heterocycles. The molecule has 1 atom stereocenters. The van der Waals surface area contributed by atoms with Crippen LogP contribution in [0.15, 0.2) is 30.3 Å². The zero-order chi connectivity index (χ0) is 15.1. The van der Waals surface area contributed by atoms with Gasteiger partial charge in [-0.15, -0.1) is 0 Å². The quantitative estimate of drug-likeness (QED) is 0.750. The Hall–Kier alpha value is -1.39. The molecule has 0 saturated carbocycles. The van der Waals surface area contributed by atoms with Crippen LogP contribution in [-0.4, -0.2) is 44.0 Å². The number of rotatable bonds is 7. The predicted molar refractivity (Wildman–Crippen MR) is 86.0 cm³/mol. The molecule has 0 aromatic heterocycles. The number of hydrogen-bond acceptors (Lipinski definition) is 3. The SMILES string of the molecule is CN(CCCNC(=O)C1(C)CCNC1)Cc1ccccc1. The summed E-state index contributed by atoms with van der Waals surface area (Å²) in [7, 11) is 2.12. The van der Waals surface area contributed by atoms with Crippen LogP contribution >= 0.6 is 0 Å². The first kappa shape index (κ1) is 16.0. The Morgan fingerprint density at radius 3 is 2.81 bits per heavy atom. The fourth-order valence-electron chi connectivity index (χ4n) is 2.75. The molecule has 1 aromatic carbocycles. The minimum absolute atomic E-state index is 0.193. The lowest BCUT2D eigenvalue weighted by Crippen LogP contribution is -2.41. The van der Waals surface area contributed by atoms with E-state index in [1.807, 2.05) is 13.0 Å². The first-order valence-corrected chi connectivity index (χ1v) is 7.82. The largest absolute Gasteiger partial charge is 0.356 e. The van der Waals surface area contributed by atoms with Gasteiger partial charge >= 0.3 is 0 Å². The lowest BCUT2D eigenvalue weighted by molar-refractivity contribution is -0.129. The van der Waals surface area contributed by atoms with Gasteiger partial charge in [0.05, 0.1) is 5.41 Å². The highest BCUT2D eigenvalue weighted by Gasteiger charge is 2.35. The molecule has 1 aromatic rings. The van der Waals surface area contributed by atoms with Gasteiger partial charge < -0.3 is 15.5 Å². The maximum absolute atomic E-state index is 12.1. The molecule has 0 radical (unpaired) electrons. The fourth-order valence-corrected chi connectivity index (χ4v) is 2.75. The molecule has 1 saturated heterocycles. The molecule has 2 N–H and O–H groups in total. The van der Waals surface area contributed by atoms with Crippen molar-refractivity contribution >= 4 is 5.91 Å². The molecular formula is C17H27N3O. The highest BCUT2D eigenvalue weighted by atomic mass is 16.2. The molecule has 1 fully saturated rings. The minimum Gasteiger partial charge on any atom is -0.356 e. The lowest BCUT2D eigenvalue weighted by Gasteiger charge is -2.22. The second-order valence-corrected chi connectivity index (χ2v) is 6.32. The number of hydrogen-bond donors (Lipinski definition) is 2. The average molecular weight is 289 g/mol. The Labute approximate surface area is 127 Å². The minimum atomic E-state index is -0.212. The van der Waals surface area contributed by atoms with Crippen LogP contribution in [0.25, 0.3) is 0 Å². The molecule has 0 aliphatic carbocycles. The van der Waals surface area contributed by atoms with Gasteiger partial charge in [0.25, 0.3) is 0 Å². The van der Waals surface area contributed by atoms with E-state index in [1.54, 1.807) is 0 Å². The molecule has 21 heavy (non-hydrogen) atoms. The first-order valence-electron chi connectivity index (χ1n) is 7.82. The van der Waals surface area contributed by atoms with Gasteiger partial charge in [0, 0.05) is 19.6 Å². The van der Waals surface area contributed by atoms with Gasteiger partial charge in [-0.1, -0.05) is 30.3 Å². The van der Waals surface area contributed by atoms with Gasteiger partial charge in [-0.05, 0) is 45.5 Å². The van der Waals surface area contributed by atoms with Crippen molar-refractivity contribution in [3.8, 4) is 0 Å². The van der Waals surface area contributed by atoms with E-state index in [2.05, 4.69) is 46.8 Å². The van der Waals surface area contributed by atoms with E-state index in [9.17, 15) is 4.79 Å². The van der Waals surface area contributed by atoms with Crippen molar-refractivity contribution < 1.29 is 4.79 Å². The van der Waals surface area contributed by atoms with E-state index in [0.29, 0.717) is 0 Å². The van der Waals surface area contributed by atoms with Gasteiger partial charge in [-0.3, -0.25) is 4.79 Å². The molecule has 0 bridgehead atoms. The van der Waals surface area contributed by atoms with Crippen LogP contribution in [0.2, 0.25) is 0 Å². The monoisotopic (exact) mass is 289 g/mol. The van der Waals surface area contributed by atoms with Crippen LogP contribution in [-0.2, 0) is 11.3 Å². The van der Waals surface area contributed by atoms with Crippen molar-refractivity contribution in [1.29, 1.82) is 0 Å². The highest BCUT2D eigenvalue weighted by Crippen LogP contribution is 2.24. The summed E-state index contributed by atoms with van der Waals surface area (Å²) in [6, 6.07) is 10.5. The number of amides is 1. The Morgan fingerprint density at radius 2 is 2.14 bits per heavy atom. The second-order valence-electron chi connectivity index (χ2n) is 6.32. The highest BCUT2D eigenvalue weighted by molar-refractivity contribution is 5.82. The Bertz CT molecular complexity index is 441. The zero-order valence-electron chi connectivity index (χ0n) is 13.2. The zero-order valence-corrected chi connectivity index (χ0v) is 13.2. The third-order valence-electron chi connectivity index (χ3n) is 4.21. The van der Waals surface area contributed by atoms with Gasteiger partial charge in [0.1, 0.15) is 0 Å². The summed E-state index contributed by atoms with van der Waals surface area (Å²) in [5, 5.41) is 6.34. The number of nitrogens with zero attached hydrogens (tertiary/aromatic N) is 1. The molecule has 1 unspecified atom stereocenters. The van der Waals surface area contributed by atoms with Crippen LogP contribution in [0, 0.1) is 5.41 Å². The number of nitrogens with one attached hydrogen (secondary N) is 2. The molecule has 4 nitrogen and oxygen atoms in total. The topological polar surface area (TPSA) is 44.4 Å². The summed E-state index contributed by atoms with van der Waals surface area (Å²) < 4.78 is 0. The third-order valence-corrected chi connectivity index (χ3v) is 4.21. The molecule has 0 spiro atoms. The van der Waals surface area contributed by atoms with Gasteiger partial charge in [0.15, 0.2) is 0 Å². The predicted octanol–water partition coefficient (Wildman–Crippen LogP) is 1.62. The summed E-state index contributed by atoms with van der Waals surface area (Å²) in [6.45, 7) is 6.49. The standard InChI is InChI=1S/C17H27N3O/c1-17(9-11-18-14-17)16(21)19-10-6-12-20(2)13-15-7-4-3-5-8-15/h3-5,7-8,18H,6,9-14H2,1-2H3,(H,19,21). The molecule has 2 rings (SSSR count). The second kappa shape index (κ2) is 7.57. The smallest absolute Gasteiger partial charge is 0.227 e. The summed E-state index contributed by atoms with van der Waals surface area (Å²) in [5.74, 6) is 0.193. The van der Waals surface area contributed by atoms with Gasteiger partial charge in [-0.25, -0.2) is 0 Å². The summed E-state index contributed by atoms with van der Waals surface area (Å²) in [6.07, 6.45) is 1.92. The van der Waals surface area contributed by atoms with Gasteiger partial charge in [0.2, 0.25) is 5.91 Å². The van der Waals surface area contributed by atoms with Crippen molar-refractivity contribution in [2.45, 2.75) is 26.3 Å². The van der Waals surface area contributed by atoms with Crippen LogP contribution in [0.4, 0.5) is 0 Å². The molecular weight excluding hydrogens is 262 g/mol. The summed E-state index contributed by atoms with van der Waals surface area (Å²) in [4.78, 5) is 14.4. The van der Waals surface area contributed by atoms with Crippen molar-refractivity contribution in [1.82, 2.24) is 15.5 Å². The Kier molecular flexibility index (Phi) is 5.76. The van der Waals surface area contributed by atoms with Crippen molar-refractivity contribution in [2.75, 3.05) is 33.2 Å². The number of carbonyl (C=O) groups excluding carboxylic acids is 1. The molecule has 116 valence electrons. The van der Waals surface area contributed by atoms with E-state index in [4.69, 9.17) is 0 Å². The van der Waals surface area contributed by atoms with Crippen molar-refractivity contribution in [3.05, 3.63) is 35.9 Å². The van der Waals surface area contributed by atoms with E-state index in [1.165, 1.54) is 5.56 Å². The first-order chi connectivity index (χ1) is 10.1.